The van der Waals surface area contributed by atoms with Gasteiger partial charge in [0.25, 0.3) is 0 Å². The summed E-state index contributed by atoms with van der Waals surface area (Å²) in [7, 11) is 1.67. The maximum Gasteiger partial charge on any atom is 0.410 e. The van der Waals surface area contributed by atoms with Crippen molar-refractivity contribution in [2.45, 2.75) is 50.7 Å². The van der Waals surface area contributed by atoms with Crippen LogP contribution in [0.25, 0.3) is 0 Å². The Morgan fingerprint density at radius 3 is 2.73 bits per heavy atom. The van der Waals surface area contributed by atoms with E-state index < -0.39 is 0 Å². The fraction of sp³-hybridized carbons (Fsp3) is 0.478. The fourth-order valence-corrected chi connectivity index (χ4v) is 4.14. The van der Waals surface area contributed by atoms with E-state index >= 15 is 0 Å². The lowest BCUT2D eigenvalue weighted by Crippen LogP contribution is -2.29. The highest BCUT2D eigenvalue weighted by Gasteiger charge is 2.29. The first kappa shape index (κ1) is 22.2. The van der Waals surface area contributed by atoms with Gasteiger partial charge in [0.2, 0.25) is 0 Å². The number of rotatable bonds is 6. The number of halogens is 1. The molecule has 2 fully saturated rings. The minimum Gasteiger partial charge on any atom is -0.493 e. The predicted octanol–water partition coefficient (Wildman–Crippen LogP) is 4.96. The number of hydrogen-bond donors (Lipinski definition) is 0. The van der Waals surface area contributed by atoms with Crippen LogP contribution in [0.1, 0.15) is 49.1 Å². The number of amides is 1. The largest absolute Gasteiger partial charge is 0.493 e. The molecule has 162 valence electrons. The van der Waals surface area contributed by atoms with Crippen LogP contribution < -0.4 is 9.47 Å². The van der Waals surface area contributed by atoms with Crippen molar-refractivity contribution < 1.29 is 19.0 Å². The van der Waals surface area contributed by atoms with E-state index in [0.717, 1.165) is 36.3 Å². The van der Waals surface area contributed by atoms with Crippen LogP contribution in [0, 0.1) is 0 Å². The Hall–Kier alpha value is -2.47. The zero-order valence-electron chi connectivity index (χ0n) is 17.3. The van der Waals surface area contributed by atoms with Crippen LogP contribution in [-0.2, 0) is 11.3 Å². The second-order valence-electron chi connectivity index (χ2n) is 7.78. The van der Waals surface area contributed by atoms with Gasteiger partial charge in [0.15, 0.2) is 11.5 Å². The molecule has 1 unspecified atom stereocenters. The lowest BCUT2D eigenvalue weighted by Gasteiger charge is -2.19. The third-order valence-corrected chi connectivity index (χ3v) is 5.79. The van der Waals surface area contributed by atoms with Gasteiger partial charge in [-0.05, 0) is 55.9 Å². The van der Waals surface area contributed by atoms with Gasteiger partial charge < -0.3 is 19.1 Å². The lowest BCUT2D eigenvalue weighted by atomic mass is 9.98. The Morgan fingerprint density at radius 1 is 1.17 bits per heavy atom. The summed E-state index contributed by atoms with van der Waals surface area (Å²) in [4.78, 5) is 18.3. The molecule has 2 aromatic rings. The van der Waals surface area contributed by atoms with Crippen LogP contribution in [-0.4, -0.2) is 42.3 Å². The average molecular weight is 433 g/mol. The van der Waals surface area contributed by atoms with Crippen molar-refractivity contribution in [1.29, 1.82) is 0 Å². The van der Waals surface area contributed by atoms with Crippen molar-refractivity contribution in [1.82, 2.24) is 9.88 Å². The summed E-state index contributed by atoms with van der Waals surface area (Å²) in [6.07, 6.45) is 9.00. The molecule has 2 aliphatic rings. The zero-order valence-corrected chi connectivity index (χ0v) is 18.1. The molecule has 1 aliphatic heterocycles. The van der Waals surface area contributed by atoms with E-state index in [1.165, 1.54) is 18.4 Å². The maximum absolute atomic E-state index is 12.4. The second-order valence-corrected chi connectivity index (χ2v) is 7.78. The van der Waals surface area contributed by atoms with Gasteiger partial charge in [-0.2, -0.15) is 0 Å². The molecule has 7 heteroatoms. The number of carbonyl (C=O) groups excluding carboxylic acids is 1. The van der Waals surface area contributed by atoms with Crippen molar-refractivity contribution >= 4 is 18.5 Å². The molecule has 2 heterocycles. The molecular weight excluding hydrogens is 404 g/mol. The number of benzene rings is 1. The van der Waals surface area contributed by atoms with Crippen LogP contribution in [0.4, 0.5) is 4.79 Å². The number of aromatic nitrogens is 1. The Bertz CT molecular complexity index is 827. The lowest BCUT2D eigenvalue weighted by molar-refractivity contribution is 0.104. The highest BCUT2D eigenvalue weighted by atomic mass is 35.5. The summed E-state index contributed by atoms with van der Waals surface area (Å²) in [6.45, 7) is 1.60. The number of methoxy groups -OCH3 is 1. The molecule has 0 N–H and O–H groups in total. The van der Waals surface area contributed by atoms with Gasteiger partial charge in [0.05, 0.1) is 13.2 Å². The summed E-state index contributed by atoms with van der Waals surface area (Å²) < 4.78 is 17.2. The van der Waals surface area contributed by atoms with Crippen LogP contribution in [0.3, 0.4) is 0 Å². The maximum atomic E-state index is 12.4. The first-order valence-electron chi connectivity index (χ1n) is 10.4. The average Bonchev–Trinajstić information content (AvgIpc) is 3.45. The van der Waals surface area contributed by atoms with Crippen molar-refractivity contribution in [3.8, 4) is 11.5 Å². The Labute approximate surface area is 183 Å². The van der Waals surface area contributed by atoms with E-state index in [1.807, 2.05) is 18.2 Å². The van der Waals surface area contributed by atoms with E-state index in [1.54, 1.807) is 24.4 Å². The number of carbonyl (C=O) groups is 1. The molecule has 1 aromatic heterocycles. The van der Waals surface area contributed by atoms with Gasteiger partial charge in [0.1, 0.15) is 6.61 Å². The molecule has 4 rings (SSSR count). The van der Waals surface area contributed by atoms with E-state index in [4.69, 9.17) is 14.2 Å². The van der Waals surface area contributed by atoms with Gasteiger partial charge >= 0.3 is 6.09 Å². The van der Waals surface area contributed by atoms with Crippen molar-refractivity contribution in [3.63, 3.8) is 0 Å². The normalized spacial score (nSPS) is 18.7. The summed E-state index contributed by atoms with van der Waals surface area (Å²) >= 11 is 0. The third kappa shape index (κ3) is 5.36. The molecule has 1 aliphatic carbocycles. The summed E-state index contributed by atoms with van der Waals surface area (Å²) in [5, 5.41) is 0. The van der Waals surface area contributed by atoms with Gasteiger partial charge in [-0.1, -0.05) is 12.1 Å². The molecule has 1 saturated carbocycles. The number of nitrogens with zero attached hydrogens (tertiary/aromatic N) is 2. The molecule has 1 atom stereocenters. The third-order valence-electron chi connectivity index (χ3n) is 5.79. The number of pyridine rings is 1. The Kier molecular flexibility index (Phi) is 7.80. The molecule has 0 bridgehead atoms. The highest BCUT2D eigenvalue weighted by molar-refractivity contribution is 5.85. The zero-order chi connectivity index (χ0) is 20.1. The van der Waals surface area contributed by atoms with Crippen molar-refractivity contribution in [3.05, 3.63) is 53.9 Å². The molecule has 1 aromatic carbocycles. The Morgan fingerprint density at radius 2 is 2.00 bits per heavy atom. The number of likely N-dealkylation sites (tertiary alicyclic amines) is 1. The minimum absolute atomic E-state index is 0. The monoisotopic (exact) mass is 432 g/mol. The molecule has 1 saturated heterocycles. The first-order chi connectivity index (χ1) is 14.2. The van der Waals surface area contributed by atoms with Gasteiger partial charge in [-0.15, -0.1) is 12.4 Å². The molecular formula is C23H29ClN2O4. The number of hydrogen-bond acceptors (Lipinski definition) is 5. The van der Waals surface area contributed by atoms with E-state index in [0.29, 0.717) is 13.1 Å². The quantitative estimate of drug-likeness (QED) is 0.645. The Balaban J connectivity index is 0.00000256. The van der Waals surface area contributed by atoms with Gasteiger partial charge in [-0.3, -0.25) is 4.98 Å². The summed E-state index contributed by atoms with van der Waals surface area (Å²) in [6, 6.07) is 9.88. The van der Waals surface area contributed by atoms with Crippen molar-refractivity contribution in [2.24, 2.45) is 0 Å². The molecule has 1 amide bonds. The predicted molar refractivity (Wildman–Crippen MR) is 116 cm³/mol. The van der Waals surface area contributed by atoms with Gasteiger partial charge in [0, 0.05) is 37.0 Å². The van der Waals surface area contributed by atoms with Crippen LogP contribution in [0.5, 0.6) is 11.5 Å². The topological polar surface area (TPSA) is 60.9 Å². The second kappa shape index (κ2) is 10.5. The summed E-state index contributed by atoms with van der Waals surface area (Å²) in [5.41, 5.74) is 2.07. The molecule has 30 heavy (non-hydrogen) atoms. The van der Waals surface area contributed by atoms with Gasteiger partial charge in [-0.25, -0.2) is 4.79 Å². The first-order valence-corrected chi connectivity index (χ1v) is 10.4. The summed E-state index contributed by atoms with van der Waals surface area (Å²) in [5.74, 6) is 1.86. The molecule has 0 spiro atoms. The number of ether oxygens (including phenoxy) is 3. The molecule has 6 nitrogen and oxygen atoms in total. The van der Waals surface area contributed by atoms with E-state index in [2.05, 4.69) is 17.1 Å². The highest BCUT2D eigenvalue weighted by Crippen LogP contribution is 2.36. The van der Waals surface area contributed by atoms with E-state index in [9.17, 15) is 4.79 Å². The standard InChI is InChI=1S/C23H28N2O4.ClH/c1-27-21-9-8-18(13-22(21)29-20-6-2-3-7-20)19-10-12-25(15-19)23(26)28-16-17-5-4-11-24-14-17;/h4-5,8-9,11,13-14,19-20H,2-3,6-7,10,12,15-16H2,1H3;1H. The fourth-order valence-electron chi connectivity index (χ4n) is 4.14. The van der Waals surface area contributed by atoms with E-state index in [-0.39, 0.29) is 37.1 Å². The SMILES string of the molecule is COc1ccc(C2CCN(C(=O)OCc3cccnc3)C2)cc1OC1CCCC1.Cl. The van der Waals surface area contributed by atoms with Crippen LogP contribution >= 0.6 is 12.4 Å². The minimum atomic E-state index is -0.271. The smallest absolute Gasteiger partial charge is 0.410 e. The molecule has 0 radical (unpaired) electrons. The van der Waals surface area contributed by atoms with Crippen molar-refractivity contribution in [2.75, 3.05) is 20.2 Å². The van der Waals surface area contributed by atoms with Crippen LogP contribution in [0.2, 0.25) is 0 Å². The van der Waals surface area contributed by atoms with Crippen LogP contribution in [0.15, 0.2) is 42.7 Å².